The van der Waals surface area contributed by atoms with Crippen molar-refractivity contribution in [2.24, 2.45) is 0 Å². The lowest BCUT2D eigenvalue weighted by Gasteiger charge is -2.02. The Morgan fingerprint density at radius 1 is 1.05 bits per heavy atom. The molecule has 0 radical (unpaired) electrons. The predicted molar refractivity (Wildman–Crippen MR) is 78.7 cm³/mol. The zero-order chi connectivity index (χ0) is 15.1. The summed E-state index contributed by atoms with van der Waals surface area (Å²) in [5.74, 6) is 0.191. The molecule has 0 fully saturated rings. The Morgan fingerprint density at radius 3 is 2.29 bits per heavy atom. The molecule has 3 nitrogen and oxygen atoms in total. The van der Waals surface area contributed by atoms with Gasteiger partial charge in [0.05, 0.1) is 6.61 Å². The van der Waals surface area contributed by atoms with Crippen molar-refractivity contribution in [1.82, 2.24) is 0 Å². The van der Waals surface area contributed by atoms with Gasteiger partial charge in [-0.05, 0) is 55.0 Å². The number of esters is 1. The van der Waals surface area contributed by atoms with E-state index < -0.39 is 5.97 Å². The van der Waals surface area contributed by atoms with Crippen molar-refractivity contribution in [2.75, 3.05) is 6.61 Å². The summed E-state index contributed by atoms with van der Waals surface area (Å²) in [5.41, 5.74) is 0.856. The largest absolute Gasteiger partial charge is 0.494 e. The Kier molecular flexibility index (Phi) is 5.10. The second-order valence-electron chi connectivity index (χ2n) is 4.21. The van der Waals surface area contributed by atoms with Crippen LogP contribution in [-0.2, 0) is 4.79 Å². The van der Waals surface area contributed by atoms with Gasteiger partial charge in [-0.1, -0.05) is 12.1 Å². The van der Waals surface area contributed by atoms with Gasteiger partial charge in [-0.2, -0.15) is 0 Å². The van der Waals surface area contributed by atoms with Crippen LogP contribution in [0, 0.1) is 5.82 Å². The third-order valence-electron chi connectivity index (χ3n) is 2.64. The van der Waals surface area contributed by atoms with Gasteiger partial charge in [-0.25, -0.2) is 9.18 Å². The van der Waals surface area contributed by atoms with Crippen LogP contribution in [0.5, 0.6) is 11.5 Å². The van der Waals surface area contributed by atoms with Gasteiger partial charge in [0.15, 0.2) is 0 Å². The second-order valence-corrected chi connectivity index (χ2v) is 4.21. The number of hydrogen-bond donors (Lipinski definition) is 0. The van der Waals surface area contributed by atoms with Gasteiger partial charge in [0.1, 0.15) is 17.3 Å². The van der Waals surface area contributed by atoms with Gasteiger partial charge in [0.2, 0.25) is 0 Å². The van der Waals surface area contributed by atoms with Crippen LogP contribution in [0.15, 0.2) is 54.6 Å². The van der Waals surface area contributed by atoms with E-state index in [-0.39, 0.29) is 5.82 Å². The van der Waals surface area contributed by atoms with Crippen molar-refractivity contribution in [3.8, 4) is 11.5 Å². The molecular weight excluding hydrogens is 271 g/mol. The fourth-order valence-electron chi connectivity index (χ4n) is 1.66. The van der Waals surface area contributed by atoms with E-state index >= 15 is 0 Å². The Labute approximate surface area is 122 Å². The van der Waals surface area contributed by atoms with Gasteiger partial charge in [0, 0.05) is 6.08 Å². The monoisotopic (exact) mass is 286 g/mol. The maximum Gasteiger partial charge on any atom is 0.336 e. The minimum absolute atomic E-state index is 0.303. The highest BCUT2D eigenvalue weighted by atomic mass is 19.1. The molecule has 0 aliphatic heterocycles. The molecular formula is C17H15FO3. The third-order valence-corrected chi connectivity index (χ3v) is 2.64. The Balaban J connectivity index is 1.93. The zero-order valence-corrected chi connectivity index (χ0v) is 11.6. The van der Waals surface area contributed by atoms with Crippen LogP contribution < -0.4 is 9.47 Å². The van der Waals surface area contributed by atoms with Crippen molar-refractivity contribution in [2.45, 2.75) is 6.92 Å². The van der Waals surface area contributed by atoms with Crippen LogP contribution >= 0.6 is 0 Å². The first-order chi connectivity index (χ1) is 10.2. The van der Waals surface area contributed by atoms with E-state index in [1.807, 2.05) is 31.2 Å². The highest BCUT2D eigenvalue weighted by Crippen LogP contribution is 2.14. The van der Waals surface area contributed by atoms with Crippen molar-refractivity contribution in [3.05, 3.63) is 66.0 Å². The molecule has 0 aliphatic carbocycles. The number of carbonyl (C=O) groups excluding carboxylic acids is 1. The van der Waals surface area contributed by atoms with E-state index in [9.17, 15) is 9.18 Å². The fourth-order valence-corrected chi connectivity index (χ4v) is 1.66. The average Bonchev–Trinajstić information content (AvgIpc) is 2.49. The van der Waals surface area contributed by atoms with Crippen molar-refractivity contribution >= 4 is 12.0 Å². The molecule has 0 saturated heterocycles. The van der Waals surface area contributed by atoms with E-state index in [0.717, 1.165) is 11.3 Å². The average molecular weight is 286 g/mol. The van der Waals surface area contributed by atoms with Gasteiger partial charge >= 0.3 is 5.97 Å². The molecule has 0 saturated carbocycles. The lowest BCUT2D eigenvalue weighted by atomic mass is 10.2. The van der Waals surface area contributed by atoms with Crippen LogP contribution in [0.2, 0.25) is 0 Å². The minimum Gasteiger partial charge on any atom is -0.494 e. The first-order valence-electron chi connectivity index (χ1n) is 6.55. The second kappa shape index (κ2) is 7.24. The molecule has 4 heteroatoms. The predicted octanol–water partition coefficient (Wildman–Crippen LogP) is 3.84. The van der Waals surface area contributed by atoms with Crippen molar-refractivity contribution in [3.63, 3.8) is 0 Å². The number of benzene rings is 2. The Morgan fingerprint density at radius 2 is 1.67 bits per heavy atom. The van der Waals surface area contributed by atoms with E-state index in [0.29, 0.717) is 12.4 Å². The maximum absolute atomic E-state index is 12.7. The molecule has 0 spiro atoms. The molecule has 2 aromatic carbocycles. The first kappa shape index (κ1) is 14.8. The molecule has 0 unspecified atom stereocenters. The molecule has 0 amide bonds. The molecule has 21 heavy (non-hydrogen) atoms. The molecule has 0 atom stereocenters. The van der Waals surface area contributed by atoms with Crippen molar-refractivity contribution < 1.29 is 18.7 Å². The summed E-state index contributed by atoms with van der Waals surface area (Å²) in [6, 6.07) is 12.6. The molecule has 0 aromatic heterocycles. The first-order valence-corrected chi connectivity index (χ1v) is 6.55. The zero-order valence-electron chi connectivity index (χ0n) is 11.6. The Hall–Kier alpha value is -2.62. The van der Waals surface area contributed by atoms with E-state index in [4.69, 9.17) is 9.47 Å². The van der Waals surface area contributed by atoms with Crippen molar-refractivity contribution in [1.29, 1.82) is 0 Å². The summed E-state index contributed by atoms with van der Waals surface area (Å²) in [6.07, 6.45) is 2.96. The van der Waals surface area contributed by atoms with Crippen LogP contribution in [0.1, 0.15) is 12.5 Å². The molecule has 2 aromatic rings. The molecule has 2 rings (SSSR count). The third kappa shape index (κ3) is 4.76. The summed E-state index contributed by atoms with van der Waals surface area (Å²) in [4.78, 5) is 11.6. The minimum atomic E-state index is -0.518. The summed E-state index contributed by atoms with van der Waals surface area (Å²) in [5, 5.41) is 0. The van der Waals surface area contributed by atoms with Crippen LogP contribution in [-0.4, -0.2) is 12.6 Å². The quantitative estimate of drug-likeness (QED) is 0.476. The molecule has 0 heterocycles. The number of rotatable bonds is 5. The van der Waals surface area contributed by atoms with E-state index in [1.165, 1.54) is 30.3 Å². The lowest BCUT2D eigenvalue weighted by Crippen LogP contribution is -2.03. The molecule has 0 N–H and O–H groups in total. The smallest absolute Gasteiger partial charge is 0.336 e. The number of hydrogen-bond acceptors (Lipinski definition) is 3. The summed E-state index contributed by atoms with van der Waals surface area (Å²) in [7, 11) is 0. The number of carbonyl (C=O) groups is 1. The SMILES string of the molecule is CCOc1ccc(/C=C/C(=O)Oc2ccc(F)cc2)cc1. The van der Waals surface area contributed by atoms with Crippen LogP contribution in [0.25, 0.3) is 6.08 Å². The standard InChI is InChI=1S/C17H15FO3/c1-2-20-15-8-3-13(4-9-15)5-12-17(19)21-16-10-6-14(18)7-11-16/h3-12H,2H2,1H3/b12-5+. The van der Waals surface area contributed by atoms with E-state index in [1.54, 1.807) is 6.08 Å². The summed E-state index contributed by atoms with van der Waals surface area (Å²) in [6.45, 7) is 2.53. The van der Waals surface area contributed by atoms with Crippen LogP contribution in [0.3, 0.4) is 0 Å². The lowest BCUT2D eigenvalue weighted by molar-refractivity contribution is -0.128. The van der Waals surface area contributed by atoms with Crippen LogP contribution in [0.4, 0.5) is 4.39 Å². The highest BCUT2D eigenvalue weighted by molar-refractivity contribution is 5.88. The summed E-state index contributed by atoms with van der Waals surface area (Å²) >= 11 is 0. The molecule has 108 valence electrons. The van der Waals surface area contributed by atoms with Gasteiger partial charge < -0.3 is 9.47 Å². The summed E-state index contributed by atoms with van der Waals surface area (Å²) < 4.78 is 23.1. The number of ether oxygens (including phenoxy) is 2. The van der Waals surface area contributed by atoms with Gasteiger partial charge in [-0.3, -0.25) is 0 Å². The number of halogens is 1. The normalized spacial score (nSPS) is 10.6. The maximum atomic E-state index is 12.7. The molecule has 0 bridgehead atoms. The topological polar surface area (TPSA) is 35.5 Å². The molecule has 0 aliphatic rings. The highest BCUT2D eigenvalue weighted by Gasteiger charge is 2.00. The fraction of sp³-hybridized carbons (Fsp3) is 0.118. The Bertz CT molecular complexity index is 615. The van der Waals surface area contributed by atoms with Gasteiger partial charge in [-0.15, -0.1) is 0 Å². The van der Waals surface area contributed by atoms with Gasteiger partial charge in [0.25, 0.3) is 0 Å². The van der Waals surface area contributed by atoms with E-state index in [2.05, 4.69) is 0 Å².